The number of nitrogens with two attached hydrogens (primary N) is 1. The van der Waals surface area contributed by atoms with Crippen LogP contribution in [0.1, 0.15) is 40.0 Å². The van der Waals surface area contributed by atoms with E-state index in [9.17, 15) is 8.42 Å². The van der Waals surface area contributed by atoms with Crippen molar-refractivity contribution < 1.29 is 8.42 Å². The SMILES string of the molecule is CCCCS(=O)(=O)NC(C)(CC)C(=N)N. The van der Waals surface area contributed by atoms with Gasteiger partial charge in [-0.2, -0.15) is 0 Å². The van der Waals surface area contributed by atoms with Crippen molar-refractivity contribution in [2.75, 3.05) is 5.75 Å². The molecule has 15 heavy (non-hydrogen) atoms. The lowest BCUT2D eigenvalue weighted by atomic mass is 10.00. The maximum atomic E-state index is 11.6. The quantitative estimate of drug-likeness (QED) is 0.450. The average Bonchev–Trinajstić information content (AvgIpc) is 2.13. The van der Waals surface area contributed by atoms with Gasteiger partial charge in [0.2, 0.25) is 10.0 Å². The van der Waals surface area contributed by atoms with E-state index < -0.39 is 15.6 Å². The molecule has 0 amide bonds. The molecule has 0 fully saturated rings. The number of unbranched alkanes of at least 4 members (excludes halogenated alkanes) is 1. The fraction of sp³-hybridized carbons (Fsp3) is 0.889. The molecule has 0 saturated heterocycles. The Morgan fingerprint density at radius 1 is 1.47 bits per heavy atom. The Balaban J connectivity index is 4.62. The van der Waals surface area contributed by atoms with Crippen molar-refractivity contribution >= 4 is 15.9 Å². The number of nitrogens with one attached hydrogen (secondary N) is 2. The van der Waals surface area contributed by atoms with Gasteiger partial charge >= 0.3 is 0 Å². The van der Waals surface area contributed by atoms with Gasteiger partial charge in [0.15, 0.2) is 0 Å². The van der Waals surface area contributed by atoms with E-state index in [2.05, 4.69) is 4.72 Å². The van der Waals surface area contributed by atoms with E-state index in [1.54, 1.807) is 13.8 Å². The first kappa shape index (κ1) is 14.4. The lowest BCUT2D eigenvalue weighted by molar-refractivity contribution is 0.504. The van der Waals surface area contributed by atoms with Crippen LogP contribution in [0, 0.1) is 5.41 Å². The van der Waals surface area contributed by atoms with Crippen LogP contribution in [0.25, 0.3) is 0 Å². The highest BCUT2D eigenvalue weighted by Gasteiger charge is 2.30. The maximum absolute atomic E-state index is 11.6. The molecule has 90 valence electrons. The molecule has 4 N–H and O–H groups in total. The molecule has 0 spiro atoms. The Morgan fingerprint density at radius 3 is 2.33 bits per heavy atom. The van der Waals surface area contributed by atoms with Crippen LogP contribution < -0.4 is 10.5 Å². The number of sulfonamides is 1. The van der Waals surface area contributed by atoms with E-state index in [-0.39, 0.29) is 11.6 Å². The smallest absolute Gasteiger partial charge is 0.212 e. The fourth-order valence-electron chi connectivity index (χ4n) is 1.05. The van der Waals surface area contributed by atoms with Crippen molar-refractivity contribution in [3.05, 3.63) is 0 Å². The Morgan fingerprint density at radius 2 is 2.00 bits per heavy atom. The van der Waals surface area contributed by atoms with Crippen LogP contribution in [0.4, 0.5) is 0 Å². The molecule has 0 bridgehead atoms. The second-order valence-corrected chi connectivity index (χ2v) is 5.72. The molecule has 0 aromatic rings. The minimum absolute atomic E-state index is 0.0897. The molecule has 5 nitrogen and oxygen atoms in total. The lowest BCUT2D eigenvalue weighted by Gasteiger charge is -2.27. The largest absolute Gasteiger partial charge is 0.386 e. The van der Waals surface area contributed by atoms with Crippen LogP contribution in [0.15, 0.2) is 0 Å². The molecule has 1 atom stereocenters. The van der Waals surface area contributed by atoms with Crippen LogP contribution in [-0.2, 0) is 10.0 Å². The molecule has 0 rings (SSSR count). The summed E-state index contributed by atoms with van der Waals surface area (Å²) in [6, 6.07) is 0. The van der Waals surface area contributed by atoms with Crippen LogP contribution in [-0.4, -0.2) is 25.5 Å². The average molecular weight is 235 g/mol. The second kappa shape index (κ2) is 5.46. The van der Waals surface area contributed by atoms with E-state index >= 15 is 0 Å². The van der Waals surface area contributed by atoms with Crippen molar-refractivity contribution in [3.63, 3.8) is 0 Å². The highest BCUT2D eigenvalue weighted by molar-refractivity contribution is 7.89. The van der Waals surface area contributed by atoms with E-state index in [0.717, 1.165) is 6.42 Å². The van der Waals surface area contributed by atoms with Gasteiger partial charge in [-0.05, 0) is 19.8 Å². The molecule has 0 aromatic carbocycles. The summed E-state index contributed by atoms with van der Waals surface area (Å²) in [5, 5.41) is 7.36. The van der Waals surface area contributed by atoms with Crippen molar-refractivity contribution in [2.45, 2.75) is 45.6 Å². The molecule has 6 heteroatoms. The van der Waals surface area contributed by atoms with Gasteiger partial charge in [0, 0.05) is 0 Å². The molecule has 0 aliphatic rings. The van der Waals surface area contributed by atoms with Gasteiger partial charge in [0.25, 0.3) is 0 Å². The topological polar surface area (TPSA) is 96.0 Å². The first-order valence-corrected chi connectivity index (χ1v) is 6.78. The summed E-state index contributed by atoms with van der Waals surface area (Å²) in [6.45, 7) is 5.35. The van der Waals surface area contributed by atoms with E-state index in [1.807, 2.05) is 6.92 Å². The molecule has 0 heterocycles. The van der Waals surface area contributed by atoms with Gasteiger partial charge in [-0.1, -0.05) is 20.3 Å². The van der Waals surface area contributed by atoms with Gasteiger partial charge in [0.1, 0.15) is 5.84 Å². The summed E-state index contributed by atoms with van der Waals surface area (Å²) in [5.41, 5.74) is 4.42. The predicted octanol–water partition coefficient (Wildman–Crippen LogP) is 0.811. The van der Waals surface area contributed by atoms with Crippen molar-refractivity contribution in [3.8, 4) is 0 Å². The molecule has 1 unspecified atom stereocenters. The number of rotatable bonds is 7. The third-order valence-corrected chi connectivity index (χ3v) is 4.04. The molecular weight excluding hydrogens is 214 g/mol. The molecule has 0 aliphatic carbocycles. The third kappa shape index (κ3) is 4.61. The predicted molar refractivity (Wildman–Crippen MR) is 62.4 cm³/mol. The van der Waals surface area contributed by atoms with Gasteiger partial charge in [-0.15, -0.1) is 0 Å². The van der Waals surface area contributed by atoms with Gasteiger partial charge in [0.05, 0.1) is 11.3 Å². The maximum Gasteiger partial charge on any atom is 0.212 e. The van der Waals surface area contributed by atoms with Crippen LogP contribution >= 0.6 is 0 Å². The van der Waals surface area contributed by atoms with Gasteiger partial charge in [-0.25, -0.2) is 13.1 Å². The van der Waals surface area contributed by atoms with Crippen LogP contribution in [0.5, 0.6) is 0 Å². The standard InChI is InChI=1S/C9H21N3O2S/c1-4-6-7-15(13,14)12-9(3,5-2)8(10)11/h12H,4-7H2,1-3H3,(H3,10,11). The zero-order valence-electron chi connectivity index (χ0n) is 9.63. The number of hydrogen-bond acceptors (Lipinski definition) is 3. The first-order valence-electron chi connectivity index (χ1n) is 5.13. The Kier molecular flexibility index (Phi) is 5.23. The minimum atomic E-state index is -3.33. The molecule has 0 saturated carbocycles. The van der Waals surface area contributed by atoms with Crippen LogP contribution in [0.2, 0.25) is 0 Å². The summed E-state index contributed by atoms with van der Waals surface area (Å²) in [4.78, 5) is 0. The summed E-state index contributed by atoms with van der Waals surface area (Å²) in [5.74, 6) is -0.0584. The highest BCUT2D eigenvalue weighted by atomic mass is 32.2. The second-order valence-electron chi connectivity index (χ2n) is 3.87. The number of amidine groups is 1. The van der Waals surface area contributed by atoms with E-state index in [0.29, 0.717) is 12.8 Å². The van der Waals surface area contributed by atoms with Crippen molar-refractivity contribution in [1.29, 1.82) is 5.41 Å². The highest BCUT2D eigenvalue weighted by Crippen LogP contribution is 2.11. The monoisotopic (exact) mass is 235 g/mol. The Labute approximate surface area is 92.0 Å². The zero-order valence-corrected chi connectivity index (χ0v) is 10.4. The summed E-state index contributed by atoms with van der Waals surface area (Å²) in [7, 11) is -3.33. The normalized spacial score (nSPS) is 15.9. The fourth-order valence-corrected chi connectivity index (χ4v) is 2.76. The van der Waals surface area contributed by atoms with E-state index in [1.165, 1.54) is 0 Å². The van der Waals surface area contributed by atoms with Crippen molar-refractivity contribution in [2.24, 2.45) is 5.73 Å². The summed E-state index contributed by atoms with van der Waals surface area (Å²) in [6.07, 6.45) is 1.91. The van der Waals surface area contributed by atoms with Gasteiger partial charge < -0.3 is 5.73 Å². The Hall–Kier alpha value is -0.620. The molecule has 0 aromatic heterocycles. The third-order valence-electron chi connectivity index (χ3n) is 2.45. The number of hydrogen-bond donors (Lipinski definition) is 3. The van der Waals surface area contributed by atoms with Crippen molar-refractivity contribution in [1.82, 2.24) is 4.72 Å². The minimum Gasteiger partial charge on any atom is -0.386 e. The molecule has 0 aliphatic heterocycles. The van der Waals surface area contributed by atoms with E-state index in [4.69, 9.17) is 11.1 Å². The summed E-state index contributed by atoms with van der Waals surface area (Å²) >= 11 is 0. The molecule has 0 radical (unpaired) electrons. The molecular formula is C9H21N3O2S. The summed E-state index contributed by atoms with van der Waals surface area (Å²) < 4.78 is 25.7. The Bertz CT molecular complexity index is 313. The van der Waals surface area contributed by atoms with Crippen LogP contribution in [0.3, 0.4) is 0 Å². The van der Waals surface area contributed by atoms with Gasteiger partial charge in [-0.3, -0.25) is 5.41 Å². The first-order chi connectivity index (χ1) is 6.77. The zero-order chi connectivity index (χ0) is 12.1. The lowest BCUT2D eigenvalue weighted by Crippen LogP contribution is -2.54.